The van der Waals surface area contributed by atoms with Crippen LogP contribution in [0.15, 0.2) is 12.2 Å². The zero-order valence-electron chi connectivity index (χ0n) is 10.4. The molecule has 3 heteroatoms. The molecule has 0 rings (SSSR count). The van der Waals surface area contributed by atoms with E-state index in [0.29, 0.717) is 12.5 Å². The Balaban J connectivity index is 3.74. The van der Waals surface area contributed by atoms with Gasteiger partial charge in [-0.25, -0.2) is 0 Å². The molecule has 88 valence electrons. The molecule has 2 N–H and O–H groups in total. The zero-order valence-corrected chi connectivity index (χ0v) is 10.4. The number of carbonyl (C=O) groups is 1. The summed E-state index contributed by atoms with van der Waals surface area (Å²) in [6.07, 6.45) is 0.952. The molecule has 0 spiro atoms. The van der Waals surface area contributed by atoms with E-state index in [1.807, 2.05) is 6.92 Å². The highest BCUT2D eigenvalue weighted by atomic mass is 16.2. The summed E-state index contributed by atoms with van der Waals surface area (Å²) in [5.41, 5.74) is 1.12. The van der Waals surface area contributed by atoms with E-state index >= 15 is 0 Å². The number of rotatable bonds is 7. The van der Waals surface area contributed by atoms with Crippen molar-refractivity contribution < 1.29 is 4.79 Å². The number of carbonyl (C=O) groups excluding carboxylic acids is 1. The summed E-state index contributed by atoms with van der Waals surface area (Å²) in [6.45, 7) is 13.4. The van der Waals surface area contributed by atoms with E-state index in [1.54, 1.807) is 0 Å². The van der Waals surface area contributed by atoms with E-state index in [4.69, 9.17) is 0 Å². The second kappa shape index (κ2) is 7.46. The van der Waals surface area contributed by atoms with Crippen molar-refractivity contribution in [3.63, 3.8) is 0 Å². The van der Waals surface area contributed by atoms with Crippen LogP contribution >= 0.6 is 0 Å². The first kappa shape index (κ1) is 14.2. The molecular weight excluding hydrogens is 188 g/mol. The summed E-state index contributed by atoms with van der Waals surface area (Å²) in [4.78, 5) is 11.5. The number of nitrogens with one attached hydrogen (secondary N) is 2. The second-order valence-corrected chi connectivity index (χ2v) is 4.35. The minimum absolute atomic E-state index is 0.0626. The van der Waals surface area contributed by atoms with Crippen LogP contribution in [-0.4, -0.2) is 25.0 Å². The van der Waals surface area contributed by atoms with Crippen LogP contribution in [0.2, 0.25) is 0 Å². The van der Waals surface area contributed by atoms with Crippen molar-refractivity contribution in [1.29, 1.82) is 0 Å². The van der Waals surface area contributed by atoms with Crippen molar-refractivity contribution in [2.75, 3.05) is 13.1 Å². The van der Waals surface area contributed by atoms with E-state index in [0.717, 1.165) is 18.5 Å². The minimum atomic E-state index is -0.146. The number of hydrogen-bond donors (Lipinski definition) is 2. The maximum atomic E-state index is 11.5. The quantitative estimate of drug-likeness (QED) is 0.631. The third-order valence-electron chi connectivity index (χ3n) is 2.24. The lowest BCUT2D eigenvalue weighted by Crippen LogP contribution is -2.43. The Kier molecular flexibility index (Phi) is 7.05. The Hall–Kier alpha value is -0.830. The van der Waals surface area contributed by atoms with E-state index in [1.165, 1.54) is 0 Å². The molecule has 0 heterocycles. The van der Waals surface area contributed by atoms with Crippen molar-refractivity contribution in [3.05, 3.63) is 12.2 Å². The predicted molar refractivity (Wildman–Crippen MR) is 64.7 cm³/mol. The zero-order chi connectivity index (χ0) is 11.8. The molecule has 0 radical (unpaired) electrons. The molecule has 15 heavy (non-hydrogen) atoms. The van der Waals surface area contributed by atoms with Crippen molar-refractivity contribution in [2.45, 2.75) is 40.2 Å². The largest absolute Gasteiger partial charge is 0.354 e. The van der Waals surface area contributed by atoms with Gasteiger partial charge in [-0.3, -0.25) is 4.79 Å². The molecule has 0 saturated carbocycles. The van der Waals surface area contributed by atoms with Crippen LogP contribution in [0.25, 0.3) is 0 Å². The Morgan fingerprint density at radius 2 is 1.93 bits per heavy atom. The van der Waals surface area contributed by atoms with Crippen molar-refractivity contribution in [3.8, 4) is 0 Å². The number of hydrogen-bond acceptors (Lipinski definition) is 2. The summed E-state index contributed by atoms with van der Waals surface area (Å²) in [5.74, 6) is 0.555. The molecule has 3 nitrogen and oxygen atoms in total. The van der Waals surface area contributed by atoms with E-state index in [9.17, 15) is 4.79 Å². The van der Waals surface area contributed by atoms with Crippen LogP contribution in [-0.2, 0) is 4.79 Å². The van der Waals surface area contributed by atoms with Crippen LogP contribution in [0, 0.1) is 5.92 Å². The Labute approximate surface area is 93.3 Å². The van der Waals surface area contributed by atoms with Gasteiger partial charge in [-0.1, -0.05) is 32.9 Å². The second-order valence-electron chi connectivity index (χ2n) is 4.35. The lowest BCUT2D eigenvalue weighted by Gasteiger charge is -2.15. The molecule has 0 aromatic heterocycles. The maximum absolute atomic E-state index is 11.5. The van der Waals surface area contributed by atoms with Crippen LogP contribution in [0.1, 0.15) is 34.1 Å². The molecule has 0 aliphatic heterocycles. The molecule has 1 unspecified atom stereocenters. The van der Waals surface area contributed by atoms with Crippen molar-refractivity contribution >= 4 is 5.91 Å². The highest BCUT2D eigenvalue weighted by Gasteiger charge is 2.11. The summed E-state index contributed by atoms with van der Waals surface area (Å²) < 4.78 is 0. The molecule has 0 fully saturated rings. The van der Waals surface area contributed by atoms with E-state index in [-0.39, 0.29) is 11.9 Å². The van der Waals surface area contributed by atoms with E-state index in [2.05, 4.69) is 38.0 Å². The van der Waals surface area contributed by atoms with Gasteiger partial charge in [0.05, 0.1) is 6.04 Å². The summed E-state index contributed by atoms with van der Waals surface area (Å²) in [6, 6.07) is -0.146. The smallest absolute Gasteiger partial charge is 0.236 e. The number of amides is 1. The van der Waals surface area contributed by atoms with Gasteiger partial charge >= 0.3 is 0 Å². The fourth-order valence-corrected chi connectivity index (χ4v) is 0.973. The highest BCUT2D eigenvalue weighted by Crippen LogP contribution is 1.95. The van der Waals surface area contributed by atoms with Crippen molar-refractivity contribution in [1.82, 2.24) is 10.6 Å². The SMILES string of the molecule is C=C(CC)CNC(C)C(=O)NCC(C)C. The summed E-state index contributed by atoms with van der Waals surface area (Å²) >= 11 is 0. The lowest BCUT2D eigenvalue weighted by atomic mass is 10.2. The van der Waals surface area contributed by atoms with Gasteiger partial charge in [0.2, 0.25) is 5.91 Å². The summed E-state index contributed by atoms with van der Waals surface area (Å²) in [5, 5.41) is 6.04. The molecule has 0 aliphatic carbocycles. The van der Waals surface area contributed by atoms with Gasteiger partial charge in [0, 0.05) is 13.1 Å². The molecule has 0 aromatic carbocycles. The normalized spacial score (nSPS) is 12.6. The average molecular weight is 212 g/mol. The van der Waals surface area contributed by atoms with Gasteiger partial charge in [0.1, 0.15) is 0 Å². The minimum Gasteiger partial charge on any atom is -0.354 e. The van der Waals surface area contributed by atoms with Gasteiger partial charge in [-0.2, -0.15) is 0 Å². The molecule has 0 aromatic rings. The Bertz CT molecular complexity index is 212. The average Bonchev–Trinajstić information content (AvgIpc) is 2.21. The third kappa shape index (κ3) is 7.14. The van der Waals surface area contributed by atoms with Gasteiger partial charge in [-0.05, 0) is 19.3 Å². The van der Waals surface area contributed by atoms with Crippen LogP contribution in [0.4, 0.5) is 0 Å². The molecule has 1 atom stereocenters. The van der Waals surface area contributed by atoms with Crippen molar-refractivity contribution in [2.24, 2.45) is 5.92 Å². The predicted octanol–water partition coefficient (Wildman–Crippen LogP) is 1.70. The third-order valence-corrected chi connectivity index (χ3v) is 2.24. The van der Waals surface area contributed by atoms with Crippen LogP contribution in [0.3, 0.4) is 0 Å². The van der Waals surface area contributed by atoms with Crippen LogP contribution < -0.4 is 10.6 Å². The molecular formula is C12H24N2O. The van der Waals surface area contributed by atoms with Gasteiger partial charge in [-0.15, -0.1) is 0 Å². The Morgan fingerprint density at radius 1 is 1.33 bits per heavy atom. The molecule has 0 saturated heterocycles. The topological polar surface area (TPSA) is 41.1 Å². The monoisotopic (exact) mass is 212 g/mol. The van der Waals surface area contributed by atoms with Gasteiger partial charge in [0.25, 0.3) is 0 Å². The molecule has 0 bridgehead atoms. The maximum Gasteiger partial charge on any atom is 0.236 e. The fourth-order valence-electron chi connectivity index (χ4n) is 0.973. The first-order chi connectivity index (χ1) is 6.97. The Morgan fingerprint density at radius 3 is 2.40 bits per heavy atom. The molecule has 1 amide bonds. The highest BCUT2D eigenvalue weighted by molar-refractivity contribution is 5.81. The fraction of sp³-hybridized carbons (Fsp3) is 0.750. The summed E-state index contributed by atoms with van der Waals surface area (Å²) in [7, 11) is 0. The molecule has 0 aliphatic rings. The first-order valence-electron chi connectivity index (χ1n) is 5.65. The lowest BCUT2D eigenvalue weighted by molar-refractivity contribution is -0.122. The van der Waals surface area contributed by atoms with Crippen LogP contribution in [0.5, 0.6) is 0 Å². The van der Waals surface area contributed by atoms with E-state index < -0.39 is 0 Å². The first-order valence-corrected chi connectivity index (χ1v) is 5.65. The standard InChI is InChI=1S/C12H24N2O/c1-6-10(4)8-13-11(5)12(15)14-7-9(2)3/h9,11,13H,4,6-8H2,1-3,5H3,(H,14,15). The van der Waals surface area contributed by atoms with Gasteiger partial charge < -0.3 is 10.6 Å². The van der Waals surface area contributed by atoms with Gasteiger partial charge in [0.15, 0.2) is 0 Å².